The molecule has 2 rings (SSSR count). The molecule has 1 heterocycles. The van der Waals surface area contributed by atoms with Crippen LogP contribution in [0.2, 0.25) is 0 Å². The molecule has 0 saturated carbocycles. The van der Waals surface area contributed by atoms with Gasteiger partial charge >= 0.3 is 0 Å². The third-order valence-corrected chi connectivity index (χ3v) is 3.02. The van der Waals surface area contributed by atoms with Crippen LogP contribution in [0.3, 0.4) is 0 Å². The van der Waals surface area contributed by atoms with Crippen LogP contribution in [-0.2, 0) is 0 Å². The fraction of sp³-hybridized carbons (Fsp3) is 0.462. The number of hydrogen-bond acceptors (Lipinski definition) is 3. The van der Waals surface area contributed by atoms with Gasteiger partial charge in [0.15, 0.2) is 5.78 Å². The number of Topliss-reactive ketones (excluding diaryl/α,β-unsaturated/α-hetero) is 1. The van der Waals surface area contributed by atoms with E-state index in [1.54, 1.807) is 0 Å². The van der Waals surface area contributed by atoms with E-state index in [-0.39, 0.29) is 11.8 Å². The molecular weight excluding hydrogens is 200 g/mol. The minimum absolute atomic E-state index is 0.192. The number of nitrogens with zero attached hydrogens (tertiary/aromatic N) is 1. The Labute approximate surface area is 96.2 Å². The van der Waals surface area contributed by atoms with Gasteiger partial charge in [0.2, 0.25) is 0 Å². The van der Waals surface area contributed by atoms with Crippen molar-refractivity contribution in [1.82, 2.24) is 4.90 Å². The zero-order valence-electron chi connectivity index (χ0n) is 9.65. The lowest BCUT2D eigenvalue weighted by molar-refractivity contribution is 0.0944. The molecule has 0 radical (unpaired) electrons. The summed E-state index contributed by atoms with van der Waals surface area (Å²) in [4.78, 5) is 14.1. The Morgan fingerprint density at radius 1 is 1.56 bits per heavy atom. The third kappa shape index (κ3) is 2.68. The molecule has 1 unspecified atom stereocenters. The first kappa shape index (κ1) is 11.3. The summed E-state index contributed by atoms with van der Waals surface area (Å²) in [7, 11) is 0. The van der Waals surface area contributed by atoms with Crippen molar-refractivity contribution in [2.45, 2.75) is 19.4 Å². The highest BCUT2D eigenvalue weighted by Gasteiger charge is 2.21. The molecule has 1 aromatic rings. The molecule has 1 aromatic carbocycles. The van der Waals surface area contributed by atoms with Crippen molar-refractivity contribution in [3.63, 3.8) is 0 Å². The highest BCUT2D eigenvalue weighted by Crippen LogP contribution is 2.10. The summed E-state index contributed by atoms with van der Waals surface area (Å²) in [6.45, 7) is 4.29. The molecule has 0 aliphatic carbocycles. The van der Waals surface area contributed by atoms with Crippen molar-refractivity contribution in [2.24, 2.45) is 5.73 Å². The molecule has 0 amide bonds. The fourth-order valence-electron chi connectivity index (χ4n) is 2.12. The monoisotopic (exact) mass is 218 g/mol. The molecule has 1 aliphatic rings. The standard InChI is InChI=1S/C13H18N2O/c1-10-3-2-4-11(7-10)13(16)9-15-6-5-12(14)8-15/h2-4,7,12H,5-6,8-9,14H2,1H3. The molecule has 0 spiro atoms. The van der Waals surface area contributed by atoms with Gasteiger partial charge in [-0.1, -0.05) is 23.8 Å². The van der Waals surface area contributed by atoms with E-state index in [0.717, 1.165) is 30.6 Å². The average molecular weight is 218 g/mol. The lowest BCUT2D eigenvalue weighted by atomic mass is 10.1. The Kier molecular flexibility index (Phi) is 3.36. The molecule has 3 nitrogen and oxygen atoms in total. The lowest BCUT2D eigenvalue weighted by Crippen LogP contribution is -2.31. The van der Waals surface area contributed by atoms with Crippen molar-refractivity contribution in [3.05, 3.63) is 35.4 Å². The number of nitrogens with two attached hydrogens (primary N) is 1. The van der Waals surface area contributed by atoms with Crippen molar-refractivity contribution in [3.8, 4) is 0 Å². The number of likely N-dealkylation sites (tertiary alicyclic amines) is 1. The summed E-state index contributed by atoms with van der Waals surface area (Å²) in [5, 5.41) is 0. The molecule has 1 saturated heterocycles. The van der Waals surface area contributed by atoms with E-state index in [9.17, 15) is 4.79 Å². The highest BCUT2D eigenvalue weighted by molar-refractivity contribution is 5.97. The topological polar surface area (TPSA) is 46.3 Å². The van der Waals surface area contributed by atoms with Crippen LogP contribution in [0.4, 0.5) is 0 Å². The van der Waals surface area contributed by atoms with E-state index in [1.165, 1.54) is 0 Å². The number of carbonyl (C=O) groups is 1. The van der Waals surface area contributed by atoms with E-state index < -0.39 is 0 Å². The predicted octanol–water partition coefficient (Wildman–Crippen LogP) is 1.21. The van der Waals surface area contributed by atoms with Gasteiger partial charge in [-0.15, -0.1) is 0 Å². The highest BCUT2D eigenvalue weighted by atomic mass is 16.1. The number of benzene rings is 1. The average Bonchev–Trinajstić information content (AvgIpc) is 2.64. The fourth-order valence-corrected chi connectivity index (χ4v) is 2.12. The van der Waals surface area contributed by atoms with E-state index in [0.29, 0.717) is 6.54 Å². The molecule has 1 fully saturated rings. The maximum absolute atomic E-state index is 12.0. The van der Waals surface area contributed by atoms with Gasteiger partial charge in [-0.2, -0.15) is 0 Å². The van der Waals surface area contributed by atoms with Crippen LogP contribution >= 0.6 is 0 Å². The first-order valence-electron chi connectivity index (χ1n) is 5.73. The molecule has 1 aliphatic heterocycles. The first-order valence-corrected chi connectivity index (χ1v) is 5.73. The van der Waals surface area contributed by atoms with Gasteiger partial charge in [0.25, 0.3) is 0 Å². The van der Waals surface area contributed by atoms with Crippen molar-refractivity contribution >= 4 is 5.78 Å². The lowest BCUT2D eigenvalue weighted by Gasteiger charge is -2.13. The second kappa shape index (κ2) is 4.76. The van der Waals surface area contributed by atoms with E-state index in [1.807, 2.05) is 31.2 Å². The quantitative estimate of drug-likeness (QED) is 0.776. The van der Waals surface area contributed by atoms with Crippen LogP contribution in [-0.4, -0.2) is 36.4 Å². The minimum atomic E-state index is 0.192. The van der Waals surface area contributed by atoms with Crippen LogP contribution in [0.1, 0.15) is 22.3 Å². The molecule has 16 heavy (non-hydrogen) atoms. The van der Waals surface area contributed by atoms with E-state index >= 15 is 0 Å². The summed E-state index contributed by atoms with van der Waals surface area (Å²) in [6.07, 6.45) is 1.00. The third-order valence-electron chi connectivity index (χ3n) is 3.02. The van der Waals surface area contributed by atoms with Crippen molar-refractivity contribution in [2.75, 3.05) is 19.6 Å². The number of carbonyl (C=O) groups excluding carboxylic acids is 1. The molecule has 1 atom stereocenters. The Hall–Kier alpha value is -1.19. The van der Waals surface area contributed by atoms with Gasteiger partial charge in [0.05, 0.1) is 6.54 Å². The number of ketones is 1. The van der Waals surface area contributed by atoms with Crippen molar-refractivity contribution in [1.29, 1.82) is 0 Å². The molecule has 86 valence electrons. The maximum Gasteiger partial charge on any atom is 0.176 e. The zero-order valence-corrected chi connectivity index (χ0v) is 9.65. The van der Waals surface area contributed by atoms with Crippen LogP contribution in [0.25, 0.3) is 0 Å². The molecule has 0 aromatic heterocycles. The van der Waals surface area contributed by atoms with Gasteiger partial charge in [0.1, 0.15) is 0 Å². The number of aryl methyl sites for hydroxylation is 1. The van der Waals surface area contributed by atoms with E-state index in [2.05, 4.69) is 4.90 Å². The number of hydrogen-bond donors (Lipinski definition) is 1. The van der Waals surface area contributed by atoms with Crippen LogP contribution < -0.4 is 5.73 Å². The first-order chi connectivity index (χ1) is 7.65. The van der Waals surface area contributed by atoms with Gasteiger partial charge < -0.3 is 5.73 Å². The van der Waals surface area contributed by atoms with Gasteiger partial charge in [-0.25, -0.2) is 0 Å². The summed E-state index contributed by atoms with van der Waals surface area (Å²) < 4.78 is 0. The van der Waals surface area contributed by atoms with Crippen molar-refractivity contribution < 1.29 is 4.79 Å². The summed E-state index contributed by atoms with van der Waals surface area (Å²) >= 11 is 0. The predicted molar refractivity (Wildman–Crippen MR) is 64.5 cm³/mol. The second-order valence-electron chi connectivity index (χ2n) is 4.58. The SMILES string of the molecule is Cc1cccc(C(=O)CN2CCC(N)C2)c1. The Balaban J connectivity index is 1.98. The summed E-state index contributed by atoms with van der Waals surface area (Å²) in [5.41, 5.74) is 7.75. The number of rotatable bonds is 3. The van der Waals surface area contributed by atoms with Crippen LogP contribution in [0.5, 0.6) is 0 Å². The summed E-state index contributed by atoms with van der Waals surface area (Å²) in [6, 6.07) is 8.00. The zero-order chi connectivity index (χ0) is 11.5. The largest absolute Gasteiger partial charge is 0.326 e. The molecular formula is C13H18N2O. The minimum Gasteiger partial charge on any atom is -0.326 e. The molecule has 0 bridgehead atoms. The van der Waals surface area contributed by atoms with Gasteiger partial charge in [-0.3, -0.25) is 9.69 Å². The normalized spacial score (nSPS) is 21.2. The second-order valence-corrected chi connectivity index (χ2v) is 4.58. The molecule has 3 heteroatoms. The van der Waals surface area contributed by atoms with Crippen LogP contribution in [0.15, 0.2) is 24.3 Å². The smallest absolute Gasteiger partial charge is 0.176 e. The van der Waals surface area contributed by atoms with Gasteiger partial charge in [-0.05, 0) is 19.4 Å². The molecule has 2 N–H and O–H groups in total. The van der Waals surface area contributed by atoms with E-state index in [4.69, 9.17) is 5.73 Å². The Bertz CT molecular complexity index is 389. The van der Waals surface area contributed by atoms with Crippen LogP contribution in [0, 0.1) is 6.92 Å². The summed E-state index contributed by atoms with van der Waals surface area (Å²) in [5.74, 6) is 0.192. The van der Waals surface area contributed by atoms with Gasteiger partial charge in [0, 0.05) is 24.7 Å². The Morgan fingerprint density at radius 3 is 3.00 bits per heavy atom. The maximum atomic E-state index is 12.0. The Morgan fingerprint density at radius 2 is 2.38 bits per heavy atom.